The Hall–Kier alpha value is -2.41. The summed E-state index contributed by atoms with van der Waals surface area (Å²) in [7, 11) is 0. The molecule has 1 aromatic carbocycles. The Balaban J connectivity index is 2.08. The van der Waals surface area contributed by atoms with Gasteiger partial charge in [-0.25, -0.2) is 0 Å². The summed E-state index contributed by atoms with van der Waals surface area (Å²) in [4.78, 5) is 28.1. The third kappa shape index (κ3) is 5.56. The molecule has 2 rings (SSSR count). The van der Waals surface area contributed by atoms with Crippen LogP contribution in [-0.4, -0.2) is 21.6 Å². The molecule has 0 atom stereocenters. The number of benzene rings is 1. The number of carbonyl (C=O) groups excluding carboxylic acids is 1. The van der Waals surface area contributed by atoms with E-state index in [1.165, 1.54) is 17.8 Å². The minimum Gasteiger partial charge on any atom is -0.346 e. The third-order valence-electron chi connectivity index (χ3n) is 3.90. The van der Waals surface area contributed by atoms with E-state index in [0.29, 0.717) is 10.8 Å². The van der Waals surface area contributed by atoms with Crippen LogP contribution in [0.3, 0.4) is 0 Å². The lowest BCUT2D eigenvalue weighted by molar-refractivity contribution is -0.387. The molecule has 0 aliphatic rings. The van der Waals surface area contributed by atoms with Crippen molar-refractivity contribution in [1.29, 1.82) is 0 Å². The number of hydrogen-bond donors (Lipinski definition) is 1. The number of amides is 1. The zero-order valence-electron chi connectivity index (χ0n) is 15.2. The number of nitro benzene ring substituents is 1. The molecule has 0 aliphatic heterocycles. The number of nitro groups is 1. The molecule has 6 nitrogen and oxygen atoms in total. The SMILES string of the molecule is Cc1cccnc1CNC(=O)c1ccc(SCCC(C)C)c([N+](=O)[O-])c1. The normalized spacial score (nSPS) is 10.8. The maximum atomic E-state index is 12.4. The average Bonchev–Trinajstić information content (AvgIpc) is 2.60. The molecule has 0 radical (unpaired) electrons. The van der Waals surface area contributed by atoms with Gasteiger partial charge in [0, 0.05) is 17.8 Å². The first-order valence-electron chi connectivity index (χ1n) is 8.48. The molecule has 26 heavy (non-hydrogen) atoms. The van der Waals surface area contributed by atoms with Gasteiger partial charge in [-0.1, -0.05) is 19.9 Å². The van der Waals surface area contributed by atoms with E-state index in [1.54, 1.807) is 18.3 Å². The molecule has 0 bridgehead atoms. The number of nitrogens with zero attached hydrogens (tertiary/aromatic N) is 2. The summed E-state index contributed by atoms with van der Waals surface area (Å²) >= 11 is 1.45. The molecule has 0 spiro atoms. The second-order valence-electron chi connectivity index (χ2n) is 6.42. The predicted molar refractivity (Wildman–Crippen MR) is 103 cm³/mol. The van der Waals surface area contributed by atoms with Gasteiger partial charge in [0.15, 0.2) is 0 Å². The van der Waals surface area contributed by atoms with Crippen LogP contribution < -0.4 is 5.32 Å². The van der Waals surface area contributed by atoms with E-state index in [2.05, 4.69) is 24.1 Å². The molecule has 138 valence electrons. The van der Waals surface area contributed by atoms with Gasteiger partial charge in [-0.3, -0.25) is 19.9 Å². The molecular weight excluding hydrogens is 350 g/mol. The molecule has 1 amide bonds. The highest BCUT2D eigenvalue weighted by Gasteiger charge is 2.18. The van der Waals surface area contributed by atoms with Crippen LogP contribution in [0, 0.1) is 23.0 Å². The first-order valence-corrected chi connectivity index (χ1v) is 9.47. The van der Waals surface area contributed by atoms with Crippen molar-refractivity contribution in [2.24, 2.45) is 5.92 Å². The van der Waals surface area contributed by atoms with Crippen molar-refractivity contribution in [1.82, 2.24) is 10.3 Å². The van der Waals surface area contributed by atoms with Crippen molar-refractivity contribution in [2.45, 2.75) is 38.6 Å². The number of pyridine rings is 1. The summed E-state index contributed by atoms with van der Waals surface area (Å²) in [6.07, 6.45) is 2.65. The van der Waals surface area contributed by atoms with Crippen LogP contribution >= 0.6 is 11.8 Å². The van der Waals surface area contributed by atoms with Gasteiger partial charge < -0.3 is 5.32 Å². The zero-order valence-corrected chi connectivity index (χ0v) is 16.0. The number of aromatic nitrogens is 1. The standard InChI is InChI=1S/C19H23N3O3S/c1-13(2)8-10-26-18-7-6-15(11-17(18)22(24)25)19(23)21-12-16-14(3)5-4-9-20-16/h4-7,9,11,13H,8,10,12H2,1-3H3,(H,21,23). The monoisotopic (exact) mass is 373 g/mol. The summed E-state index contributed by atoms with van der Waals surface area (Å²) in [6.45, 7) is 6.43. The van der Waals surface area contributed by atoms with Crippen LogP contribution in [0.4, 0.5) is 5.69 Å². The first kappa shape index (κ1) is 19.9. The Labute approximate surface area is 157 Å². The van der Waals surface area contributed by atoms with Crippen molar-refractivity contribution in [3.05, 3.63) is 63.5 Å². The molecule has 7 heteroatoms. The Morgan fingerprint density at radius 1 is 1.35 bits per heavy atom. The Morgan fingerprint density at radius 3 is 2.77 bits per heavy atom. The van der Waals surface area contributed by atoms with E-state index in [-0.39, 0.29) is 23.7 Å². The topological polar surface area (TPSA) is 85.1 Å². The maximum absolute atomic E-state index is 12.4. The number of thioether (sulfide) groups is 1. The van der Waals surface area contributed by atoms with Gasteiger partial charge >= 0.3 is 0 Å². The van der Waals surface area contributed by atoms with Gasteiger partial charge in [0.05, 0.1) is 22.1 Å². The summed E-state index contributed by atoms with van der Waals surface area (Å²) in [5.41, 5.74) is 2.01. The van der Waals surface area contributed by atoms with Crippen LogP contribution in [0.5, 0.6) is 0 Å². The number of rotatable bonds is 8. The van der Waals surface area contributed by atoms with E-state index < -0.39 is 4.92 Å². The van der Waals surface area contributed by atoms with Crippen molar-refractivity contribution in [3.63, 3.8) is 0 Å². The summed E-state index contributed by atoms with van der Waals surface area (Å²) in [5.74, 6) is 1.00. The van der Waals surface area contributed by atoms with Gasteiger partial charge in [-0.15, -0.1) is 11.8 Å². The fourth-order valence-corrected chi connectivity index (χ4v) is 3.55. The summed E-state index contributed by atoms with van der Waals surface area (Å²) in [5, 5.41) is 14.1. The molecule has 1 N–H and O–H groups in total. The highest BCUT2D eigenvalue weighted by molar-refractivity contribution is 7.99. The van der Waals surface area contributed by atoms with Crippen LogP contribution in [0.2, 0.25) is 0 Å². The second kappa shape index (κ2) is 9.33. The summed E-state index contributed by atoms with van der Waals surface area (Å²) in [6, 6.07) is 8.38. The maximum Gasteiger partial charge on any atom is 0.283 e. The highest BCUT2D eigenvalue weighted by atomic mass is 32.2. The fraction of sp³-hybridized carbons (Fsp3) is 0.368. The smallest absolute Gasteiger partial charge is 0.283 e. The van der Waals surface area contributed by atoms with E-state index in [9.17, 15) is 14.9 Å². The molecular formula is C19H23N3O3S. The van der Waals surface area contributed by atoms with Gasteiger partial charge in [-0.05, 0) is 48.8 Å². The van der Waals surface area contributed by atoms with Crippen molar-refractivity contribution in [2.75, 3.05) is 5.75 Å². The van der Waals surface area contributed by atoms with E-state index in [0.717, 1.165) is 23.4 Å². The van der Waals surface area contributed by atoms with Gasteiger partial charge in [0.2, 0.25) is 0 Å². The average molecular weight is 373 g/mol. The number of hydrogen-bond acceptors (Lipinski definition) is 5. The minimum absolute atomic E-state index is 0.0274. The number of aryl methyl sites for hydroxylation is 1. The second-order valence-corrected chi connectivity index (χ2v) is 7.56. The Kier molecular flexibility index (Phi) is 7.15. The molecule has 0 fully saturated rings. The van der Waals surface area contributed by atoms with E-state index in [1.807, 2.05) is 19.1 Å². The third-order valence-corrected chi connectivity index (χ3v) is 5.00. The molecule has 1 heterocycles. The molecule has 2 aromatic rings. The Morgan fingerprint density at radius 2 is 2.12 bits per heavy atom. The van der Waals surface area contributed by atoms with Crippen LogP contribution in [0.25, 0.3) is 0 Å². The lowest BCUT2D eigenvalue weighted by Crippen LogP contribution is -2.23. The Bertz CT molecular complexity index is 793. The van der Waals surface area contributed by atoms with Crippen LogP contribution in [0.15, 0.2) is 41.4 Å². The molecule has 0 aliphatic carbocycles. The molecule has 0 saturated carbocycles. The number of carbonyl (C=O) groups is 1. The lowest BCUT2D eigenvalue weighted by Gasteiger charge is -2.09. The molecule has 1 aromatic heterocycles. The largest absolute Gasteiger partial charge is 0.346 e. The predicted octanol–water partition coefficient (Wildman–Crippen LogP) is 4.37. The summed E-state index contributed by atoms with van der Waals surface area (Å²) < 4.78 is 0. The van der Waals surface area contributed by atoms with Crippen molar-refractivity contribution in [3.8, 4) is 0 Å². The highest BCUT2D eigenvalue weighted by Crippen LogP contribution is 2.31. The van der Waals surface area contributed by atoms with Crippen molar-refractivity contribution < 1.29 is 9.72 Å². The van der Waals surface area contributed by atoms with Gasteiger partial charge in [0.25, 0.3) is 11.6 Å². The van der Waals surface area contributed by atoms with Crippen LogP contribution in [-0.2, 0) is 6.54 Å². The fourth-order valence-electron chi connectivity index (χ4n) is 2.30. The van der Waals surface area contributed by atoms with Crippen LogP contribution in [0.1, 0.15) is 41.9 Å². The van der Waals surface area contributed by atoms with Gasteiger partial charge in [-0.2, -0.15) is 0 Å². The van der Waals surface area contributed by atoms with Crippen molar-refractivity contribution >= 4 is 23.4 Å². The minimum atomic E-state index is -0.433. The van der Waals surface area contributed by atoms with E-state index >= 15 is 0 Å². The van der Waals surface area contributed by atoms with E-state index in [4.69, 9.17) is 0 Å². The quantitative estimate of drug-likeness (QED) is 0.422. The lowest BCUT2D eigenvalue weighted by atomic mass is 10.1. The molecule has 0 saturated heterocycles. The van der Waals surface area contributed by atoms with Gasteiger partial charge in [0.1, 0.15) is 0 Å². The molecule has 0 unspecified atom stereocenters. The zero-order chi connectivity index (χ0) is 19.1. The first-order chi connectivity index (χ1) is 12.4. The number of nitrogens with one attached hydrogen (secondary N) is 1.